The first-order valence-electron chi connectivity index (χ1n) is 7.20. The molecule has 0 unspecified atom stereocenters. The fourth-order valence-electron chi connectivity index (χ4n) is 2.19. The Bertz CT molecular complexity index is 614. The number of hydrogen-bond acceptors (Lipinski definition) is 3. The highest BCUT2D eigenvalue weighted by molar-refractivity contribution is 5.68. The van der Waals surface area contributed by atoms with Crippen molar-refractivity contribution in [3.63, 3.8) is 0 Å². The molecule has 0 saturated carbocycles. The molecule has 0 amide bonds. The van der Waals surface area contributed by atoms with Gasteiger partial charge in [0.1, 0.15) is 12.1 Å². The molecule has 112 valence electrons. The normalized spacial score (nSPS) is 10.7. The zero-order chi connectivity index (χ0) is 15.2. The monoisotopic (exact) mass is 291 g/mol. The van der Waals surface area contributed by atoms with E-state index in [1.807, 2.05) is 0 Å². The molecular weight excluding hydrogens is 272 g/mol. The standard InChI is InChI=1S/C16H19F2N3/c1-3-5-12-15(11-6-7-13(17)14(18)9-11)20-10-21-16(12)19-8-4-2/h6-7,9-10H,3-5,8H2,1-2H3,(H,19,20,21). The molecule has 0 aliphatic heterocycles. The highest BCUT2D eigenvalue weighted by atomic mass is 19.2. The molecule has 0 atom stereocenters. The Morgan fingerprint density at radius 1 is 1.05 bits per heavy atom. The average Bonchev–Trinajstić information content (AvgIpc) is 2.49. The maximum atomic E-state index is 13.5. The van der Waals surface area contributed by atoms with E-state index in [-0.39, 0.29) is 0 Å². The topological polar surface area (TPSA) is 37.8 Å². The number of nitrogens with zero attached hydrogens (tertiary/aromatic N) is 2. The van der Waals surface area contributed by atoms with Crippen molar-refractivity contribution in [2.24, 2.45) is 0 Å². The molecular formula is C16H19F2N3. The maximum absolute atomic E-state index is 13.5. The van der Waals surface area contributed by atoms with Crippen LogP contribution in [0.5, 0.6) is 0 Å². The van der Waals surface area contributed by atoms with Gasteiger partial charge in [-0.25, -0.2) is 18.7 Å². The molecule has 5 heteroatoms. The lowest BCUT2D eigenvalue weighted by molar-refractivity contribution is 0.509. The summed E-state index contributed by atoms with van der Waals surface area (Å²) in [7, 11) is 0. The van der Waals surface area contributed by atoms with Gasteiger partial charge in [-0.1, -0.05) is 20.3 Å². The van der Waals surface area contributed by atoms with Crippen molar-refractivity contribution in [2.75, 3.05) is 11.9 Å². The first kappa shape index (κ1) is 15.4. The summed E-state index contributed by atoms with van der Waals surface area (Å²) in [6, 6.07) is 3.85. The molecule has 0 spiro atoms. The smallest absolute Gasteiger partial charge is 0.159 e. The fourth-order valence-corrected chi connectivity index (χ4v) is 2.19. The van der Waals surface area contributed by atoms with Crippen LogP contribution in [0.25, 0.3) is 11.3 Å². The highest BCUT2D eigenvalue weighted by Crippen LogP contribution is 2.28. The van der Waals surface area contributed by atoms with Gasteiger partial charge in [0.15, 0.2) is 11.6 Å². The van der Waals surface area contributed by atoms with Crippen LogP contribution in [0.15, 0.2) is 24.5 Å². The molecule has 1 heterocycles. The zero-order valence-corrected chi connectivity index (χ0v) is 12.3. The predicted molar refractivity (Wildman–Crippen MR) is 80.2 cm³/mol. The number of benzene rings is 1. The van der Waals surface area contributed by atoms with Gasteiger partial charge in [0.2, 0.25) is 0 Å². The maximum Gasteiger partial charge on any atom is 0.159 e. The summed E-state index contributed by atoms with van der Waals surface area (Å²) in [6.45, 7) is 4.94. The SMILES string of the molecule is CCCNc1ncnc(-c2ccc(F)c(F)c2)c1CCC. The number of halogens is 2. The second-order valence-corrected chi connectivity index (χ2v) is 4.86. The number of anilines is 1. The van der Waals surface area contributed by atoms with Crippen LogP contribution in [0.1, 0.15) is 32.3 Å². The Morgan fingerprint density at radius 2 is 1.86 bits per heavy atom. The third-order valence-corrected chi connectivity index (χ3v) is 3.18. The molecule has 0 radical (unpaired) electrons. The molecule has 0 aliphatic rings. The van der Waals surface area contributed by atoms with Crippen molar-refractivity contribution in [2.45, 2.75) is 33.1 Å². The van der Waals surface area contributed by atoms with Crippen LogP contribution < -0.4 is 5.32 Å². The van der Waals surface area contributed by atoms with E-state index in [1.54, 1.807) is 6.07 Å². The zero-order valence-electron chi connectivity index (χ0n) is 12.3. The minimum absolute atomic E-state index is 0.569. The minimum atomic E-state index is -0.864. The molecule has 1 N–H and O–H groups in total. The summed E-state index contributed by atoms with van der Waals surface area (Å²) < 4.78 is 26.5. The van der Waals surface area contributed by atoms with Crippen LogP contribution in [0.3, 0.4) is 0 Å². The van der Waals surface area contributed by atoms with E-state index in [4.69, 9.17) is 0 Å². The van der Waals surface area contributed by atoms with Gasteiger partial charge in [0, 0.05) is 17.7 Å². The van der Waals surface area contributed by atoms with E-state index >= 15 is 0 Å². The van der Waals surface area contributed by atoms with Gasteiger partial charge in [-0.05, 0) is 31.0 Å². The van der Waals surface area contributed by atoms with Gasteiger partial charge in [0.25, 0.3) is 0 Å². The van der Waals surface area contributed by atoms with Gasteiger partial charge in [-0.3, -0.25) is 0 Å². The van der Waals surface area contributed by atoms with Crippen molar-refractivity contribution >= 4 is 5.82 Å². The summed E-state index contributed by atoms with van der Waals surface area (Å²) in [4.78, 5) is 8.54. The molecule has 3 nitrogen and oxygen atoms in total. The van der Waals surface area contributed by atoms with Gasteiger partial charge in [0.05, 0.1) is 5.69 Å². The minimum Gasteiger partial charge on any atom is -0.370 e. The first-order valence-corrected chi connectivity index (χ1v) is 7.20. The highest BCUT2D eigenvalue weighted by Gasteiger charge is 2.14. The molecule has 0 fully saturated rings. The Balaban J connectivity index is 2.48. The van der Waals surface area contributed by atoms with Crippen molar-refractivity contribution in [1.29, 1.82) is 0 Å². The van der Waals surface area contributed by atoms with Crippen molar-refractivity contribution in [3.05, 3.63) is 41.7 Å². The lowest BCUT2D eigenvalue weighted by Crippen LogP contribution is -2.08. The molecule has 0 aliphatic carbocycles. The third kappa shape index (κ3) is 3.54. The van der Waals surface area contributed by atoms with E-state index in [2.05, 4.69) is 29.1 Å². The van der Waals surface area contributed by atoms with Crippen molar-refractivity contribution in [3.8, 4) is 11.3 Å². The van der Waals surface area contributed by atoms with Crippen LogP contribution in [0.2, 0.25) is 0 Å². The largest absolute Gasteiger partial charge is 0.370 e. The average molecular weight is 291 g/mol. The number of aromatic nitrogens is 2. The van der Waals surface area contributed by atoms with Crippen LogP contribution in [0, 0.1) is 11.6 Å². The second kappa shape index (κ2) is 7.11. The lowest BCUT2D eigenvalue weighted by Gasteiger charge is -2.14. The second-order valence-electron chi connectivity index (χ2n) is 4.86. The van der Waals surface area contributed by atoms with Crippen molar-refractivity contribution in [1.82, 2.24) is 9.97 Å². The molecule has 0 saturated heterocycles. The summed E-state index contributed by atoms with van der Waals surface area (Å²) >= 11 is 0. The summed E-state index contributed by atoms with van der Waals surface area (Å²) in [5.41, 5.74) is 2.17. The quantitative estimate of drug-likeness (QED) is 0.867. The Labute approximate surface area is 123 Å². The number of rotatable bonds is 6. The number of hydrogen-bond donors (Lipinski definition) is 1. The van der Waals surface area contributed by atoms with Crippen LogP contribution in [-0.4, -0.2) is 16.5 Å². The predicted octanol–water partition coefficient (Wildman–Crippen LogP) is 4.20. The van der Waals surface area contributed by atoms with Gasteiger partial charge in [-0.2, -0.15) is 0 Å². The van der Waals surface area contributed by atoms with Crippen LogP contribution in [0.4, 0.5) is 14.6 Å². The van der Waals surface area contributed by atoms with Gasteiger partial charge in [-0.15, -0.1) is 0 Å². The van der Waals surface area contributed by atoms with Crippen LogP contribution in [-0.2, 0) is 6.42 Å². The van der Waals surface area contributed by atoms with E-state index in [9.17, 15) is 8.78 Å². The first-order chi connectivity index (χ1) is 10.2. The lowest BCUT2D eigenvalue weighted by atomic mass is 10.0. The van der Waals surface area contributed by atoms with E-state index < -0.39 is 11.6 Å². The summed E-state index contributed by atoms with van der Waals surface area (Å²) in [5, 5.41) is 3.26. The Morgan fingerprint density at radius 3 is 2.52 bits per heavy atom. The number of nitrogens with one attached hydrogen (secondary N) is 1. The molecule has 2 rings (SSSR count). The van der Waals surface area contributed by atoms with Crippen molar-refractivity contribution < 1.29 is 8.78 Å². The Kier molecular flexibility index (Phi) is 5.20. The van der Waals surface area contributed by atoms with E-state index in [1.165, 1.54) is 12.4 Å². The summed E-state index contributed by atoms with van der Waals surface area (Å²) in [6.07, 6.45) is 4.13. The molecule has 2 aromatic rings. The molecule has 1 aromatic heterocycles. The summed E-state index contributed by atoms with van der Waals surface area (Å²) in [5.74, 6) is -0.945. The third-order valence-electron chi connectivity index (χ3n) is 3.18. The van der Waals surface area contributed by atoms with E-state index in [0.29, 0.717) is 11.3 Å². The Hall–Kier alpha value is -2.04. The molecule has 21 heavy (non-hydrogen) atoms. The van der Waals surface area contributed by atoms with Gasteiger partial charge < -0.3 is 5.32 Å². The molecule has 1 aromatic carbocycles. The fraction of sp³-hybridized carbons (Fsp3) is 0.375. The van der Waals surface area contributed by atoms with E-state index in [0.717, 1.165) is 43.3 Å². The van der Waals surface area contributed by atoms with Gasteiger partial charge >= 0.3 is 0 Å². The van der Waals surface area contributed by atoms with Crippen LogP contribution >= 0.6 is 0 Å². The molecule has 0 bridgehead atoms.